The van der Waals surface area contributed by atoms with E-state index >= 15 is 0 Å². The van der Waals surface area contributed by atoms with Gasteiger partial charge < -0.3 is 4.90 Å². The van der Waals surface area contributed by atoms with Crippen LogP contribution >= 0.6 is 0 Å². The van der Waals surface area contributed by atoms with Gasteiger partial charge in [-0.2, -0.15) is 0 Å². The minimum atomic E-state index is -0.239. The fourth-order valence-electron chi connectivity index (χ4n) is 4.17. The van der Waals surface area contributed by atoms with E-state index in [4.69, 9.17) is 0 Å². The Bertz CT molecular complexity index is 707. The van der Waals surface area contributed by atoms with E-state index in [2.05, 4.69) is 0 Å². The molecule has 1 fully saturated rings. The molecule has 1 aliphatic carbocycles. The Hall–Kier alpha value is -2.17. The maximum atomic E-state index is 12.6. The van der Waals surface area contributed by atoms with Crippen LogP contribution in [0.2, 0.25) is 0 Å². The van der Waals surface area contributed by atoms with Gasteiger partial charge in [-0.3, -0.25) is 19.3 Å². The fourth-order valence-corrected chi connectivity index (χ4v) is 4.17. The quantitative estimate of drug-likeness (QED) is 0.733. The first-order chi connectivity index (χ1) is 12.5. The Labute approximate surface area is 155 Å². The molecule has 3 amide bonds. The summed E-state index contributed by atoms with van der Waals surface area (Å²) in [6.45, 7) is 4.97. The maximum Gasteiger partial charge on any atom is 0.261 e. The van der Waals surface area contributed by atoms with Gasteiger partial charge in [-0.05, 0) is 45.2 Å². The number of hydrogen-bond acceptors (Lipinski definition) is 3. The van der Waals surface area contributed by atoms with E-state index in [0.717, 1.165) is 24.9 Å². The Morgan fingerprint density at radius 2 is 1.81 bits per heavy atom. The number of carbonyl (C=O) groups excluding carboxylic acids is 3. The van der Waals surface area contributed by atoms with E-state index in [9.17, 15) is 14.4 Å². The molecule has 140 valence electrons. The lowest BCUT2D eigenvalue weighted by Gasteiger charge is -2.33. The lowest BCUT2D eigenvalue weighted by atomic mass is 9.94. The number of amides is 3. The van der Waals surface area contributed by atoms with Gasteiger partial charge in [-0.25, -0.2) is 0 Å². The van der Waals surface area contributed by atoms with Gasteiger partial charge in [0.2, 0.25) is 5.91 Å². The summed E-state index contributed by atoms with van der Waals surface area (Å²) in [7, 11) is 0. The second-order valence-corrected chi connectivity index (χ2v) is 7.39. The maximum absolute atomic E-state index is 12.6. The van der Waals surface area contributed by atoms with E-state index in [-0.39, 0.29) is 17.7 Å². The minimum Gasteiger partial charge on any atom is -0.340 e. The molecule has 0 aromatic heterocycles. The predicted octanol–water partition coefficient (Wildman–Crippen LogP) is 3.55. The summed E-state index contributed by atoms with van der Waals surface area (Å²) in [6.07, 6.45) is 6.76. The third-order valence-corrected chi connectivity index (χ3v) is 5.58. The molecular weight excluding hydrogens is 328 g/mol. The van der Waals surface area contributed by atoms with Crippen molar-refractivity contribution in [2.75, 3.05) is 13.1 Å². The first-order valence-corrected chi connectivity index (χ1v) is 9.79. The monoisotopic (exact) mass is 356 g/mol. The molecule has 0 N–H and O–H groups in total. The highest BCUT2D eigenvalue weighted by Crippen LogP contribution is 2.25. The van der Waals surface area contributed by atoms with Crippen molar-refractivity contribution in [3.05, 3.63) is 34.9 Å². The summed E-state index contributed by atoms with van der Waals surface area (Å²) in [5, 5.41) is 0. The summed E-state index contributed by atoms with van der Waals surface area (Å²) < 4.78 is 0. The van der Waals surface area contributed by atoms with Crippen LogP contribution in [0.5, 0.6) is 0 Å². The number of aryl methyl sites for hydroxylation is 1. The summed E-state index contributed by atoms with van der Waals surface area (Å²) >= 11 is 0. The van der Waals surface area contributed by atoms with Gasteiger partial charge in [0, 0.05) is 25.6 Å². The van der Waals surface area contributed by atoms with Crippen LogP contribution in [0.1, 0.15) is 78.1 Å². The molecule has 5 nitrogen and oxygen atoms in total. The first kappa shape index (κ1) is 18.6. The number of imide groups is 1. The minimum absolute atomic E-state index is 0.145. The van der Waals surface area contributed by atoms with Gasteiger partial charge in [0.15, 0.2) is 0 Å². The number of rotatable bonds is 6. The molecule has 5 heteroatoms. The Kier molecular flexibility index (Phi) is 5.74. The van der Waals surface area contributed by atoms with Crippen LogP contribution in [0.25, 0.3) is 0 Å². The van der Waals surface area contributed by atoms with Crippen molar-refractivity contribution in [3.8, 4) is 0 Å². The highest BCUT2D eigenvalue weighted by molar-refractivity contribution is 6.21. The highest BCUT2D eigenvalue weighted by Gasteiger charge is 2.35. The highest BCUT2D eigenvalue weighted by atomic mass is 16.2. The Balaban J connectivity index is 1.55. The van der Waals surface area contributed by atoms with Crippen molar-refractivity contribution < 1.29 is 14.4 Å². The van der Waals surface area contributed by atoms with Crippen molar-refractivity contribution in [2.24, 2.45) is 0 Å². The summed E-state index contributed by atoms with van der Waals surface area (Å²) in [5.74, 6) is -0.329. The molecule has 1 heterocycles. The summed E-state index contributed by atoms with van der Waals surface area (Å²) in [5.41, 5.74) is 1.93. The molecule has 0 radical (unpaired) electrons. The van der Waals surface area contributed by atoms with Crippen molar-refractivity contribution in [1.29, 1.82) is 0 Å². The smallest absolute Gasteiger partial charge is 0.261 e. The third-order valence-electron chi connectivity index (χ3n) is 5.58. The van der Waals surface area contributed by atoms with E-state index in [0.29, 0.717) is 36.6 Å². The van der Waals surface area contributed by atoms with Gasteiger partial charge >= 0.3 is 0 Å². The molecule has 1 aromatic carbocycles. The van der Waals surface area contributed by atoms with Crippen LogP contribution in [0.4, 0.5) is 0 Å². The van der Waals surface area contributed by atoms with Crippen LogP contribution < -0.4 is 0 Å². The number of nitrogens with zero attached hydrogens (tertiary/aromatic N) is 2. The molecule has 0 atom stereocenters. The number of fused-ring (bicyclic) bond motifs is 1. The molecule has 26 heavy (non-hydrogen) atoms. The first-order valence-electron chi connectivity index (χ1n) is 9.79. The van der Waals surface area contributed by atoms with Crippen LogP contribution in [-0.2, 0) is 4.79 Å². The number of benzene rings is 1. The molecular formula is C21H28N2O3. The normalized spacial score (nSPS) is 17.5. The van der Waals surface area contributed by atoms with E-state index in [1.807, 2.05) is 24.8 Å². The van der Waals surface area contributed by atoms with Gasteiger partial charge in [0.25, 0.3) is 11.8 Å². The average Bonchev–Trinajstić information content (AvgIpc) is 2.87. The molecule has 0 unspecified atom stereocenters. The topological polar surface area (TPSA) is 57.7 Å². The summed E-state index contributed by atoms with van der Waals surface area (Å²) in [4.78, 5) is 40.8. The summed E-state index contributed by atoms with van der Waals surface area (Å²) in [6, 6.07) is 5.70. The van der Waals surface area contributed by atoms with Crippen molar-refractivity contribution in [3.63, 3.8) is 0 Å². The predicted molar refractivity (Wildman–Crippen MR) is 100 cm³/mol. The van der Waals surface area contributed by atoms with Gasteiger partial charge in [-0.15, -0.1) is 0 Å². The van der Waals surface area contributed by atoms with Crippen molar-refractivity contribution in [1.82, 2.24) is 9.80 Å². The van der Waals surface area contributed by atoms with Crippen LogP contribution in [0, 0.1) is 6.92 Å². The van der Waals surface area contributed by atoms with E-state index in [1.54, 1.807) is 12.1 Å². The largest absolute Gasteiger partial charge is 0.340 e. The third kappa shape index (κ3) is 3.67. The van der Waals surface area contributed by atoms with Crippen molar-refractivity contribution in [2.45, 2.75) is 64.8 Å². The van der Waals surface area contributed by atoms with Gasteiger partial charge in [0.1, 0.15) is 0 Å². The van der Waals surface area contributed by atoms with E-state index < -0.39 is 0 Å². The molecule has 0 bridgehead atoms. The zero-order chi connectivity index (χ0) is 18.7. The molecule has 0 spiro atoms. The molecule has 0 saturated heterocycles. The Morgan fingerprint density at radius 1 is 1.12 bits per heavy atom. The van der Waals surface area contributed by atoms with Crippen LogP contribution in [-0.4, -0.2) is 46.7 Å². The molecule has 1 saturated carbocycles. The van der Waals surface area contributed by atoms with Crippen LogP contribution in [0.15, 0.2) is 18.2 Å². The number of hydrogen-bond donors (Lipinski definition) is 0. The van der Waals surface area contributed by atoms with Gasteiger partial charge in [-0.1, -0.05) is 30.9 Å². The zero-order valence-corrected chi connectivity index (χ0v) is 15.8. The average molecular weight is 356 g/mol. The van der Waals surface area contributed by atoms with Crippen LogP contribution in [0.3, 0.4) is 0 Å². The molecule has 2 aliphatic rings. The fraction of sp³-hybridized carbons (Fsp3) is 0.571. The van der Waals surface area contributed by atoms with E-state index in [1.165, 1.54) is 24.2 Å². The second kappa shape index (κ2) is 8.02. The Morgan fingerprint density at radius 3 is 2.50 bits per heavy atom. The SMILES string of the molecule is CCN(C(=O)CCCN1C(=O)c2ccc(C)cc2C1=O)C1CCCCC1. The lowest BCUT2D eigenvalue weighted by Crippen LogP contribution is -2.41. The molecule has 1 aromatic rings. The molecule has 1 aliphatic heterocycles. The molecule has 3 rings (SSSR count). The van der Waals surface area contributed by atoms with Gasteiger partial charge in [0.05, 0.1) is 11.1 Å². The van der Waals surface area contributed by atoms with Crippen molar-refractivity contribution >= 4 is 17.7 Å². The second-order valence-electron chi connectivity index (χ2n) is 7.39. The standard InChI is InChI=1S/C21H28N2O3/c1-3-22(16-8-5-4-6-9-16)19(24)10-7-13-23-20(25)17-12-11-15(2)14-18(17)21(23)26/h11-12,14,16H,3-10,13H2,1-2H3. The lowest BCUT2D eigenvalue weighted by molar-refractivity contribution is -0.134. The zero-order valence-electron chi connectivity index (χ0n) is 15.8. The number of carbonyl (C=O) groups is 3.